The first-order valence-corrected chi connectivity index (χ1v) is 6.98. The van der Waals surface area contributed by atoms with Crippen LogP contribution in [0, 0.1) is 5.92 Å². The molecular formula is C15H26N2O. The molecule has 0 amide bonds. The lowest BCUT2D eigenvalue weighted by Gasteiger charge is -2.24. The number of carbonyl (C=O) groups excluding carboxylic acids is 1. The molecule has 1 heterocycles. The predicted molar refractivity (Wildman–Crippen MR) is 75.9 cm³/mol. The fourth-order valence-corrected chi connectivity index (χ4v) is 2.18. The van der Waals surface area contributed by atoms with Crippen LogP contribution in [0.15, 0.2) is 18.5 Å². The third-order valence-electron chi connectivity index (χ3n) is 3.64. The number of hydrogen-bond acceptors (Lipinski definition) is 2. The molecule has 18 heavy (non-hydrogen) atoms. The highest BCUT2D eigenvalue weighted by Gasteiger charge is 2.15. The zero-order chi connectivity index (χ0) is 13.5. The molecular weight excluding hydrogens is 224 g/mol. The van der Waals surface area contributed by atoms with Crippen LogP contribution in [0.2, 0.25) is 0 Å². The molecule has 0 atom stereocenters. The number of hydrogen-bond donors (Lipinski definition) is 0. The van der Waals surface area contributed by atoms with Crippen LogP contribution in [0.4, 0.5) is 0 Å². The SMILES string of the molecule is CCC(CC)CN(CC)CC(=O)c1ccn(C)c1. The zero-order valence-electron chi connectivity index (χ0n) is 12.1. The maximum absolute atomic E-state index is 12.1. The van der Waals surface area contributed by atoms with Crippen LogP contribution in [-0.2, 0) is 7.05 Å². The molecule has 1 rings (SSSR count). The summed E-state index contributed by atoms with van der Waals surface area (Å²) in [6.07, 6.45) is 6.19. The Kier molecular flexibility index (Phi) is 6.13. The van der Waals surface area contributed by atoms with Crippen molar-refractivity contribution >= 4 is 5.78 Å². The minimum absolute atomic E-state index is 0.225. The van der Waals surface area contributed by atoms with Crippen LogP contribution in [-0.4, -0.2) is 34.9 Å². The van der Waals surface area contributed by atoms with E-state index >= 15 is 0 Å². The van der Waals surface area contributed by atoms with E-state index in [9.17, 15) is 4.79 Å². The molecule has 0 radical (unpaired) electrons. The molecule has 1 aromatic heterocycles. The van der Waals surface area contributed by atoms with Gasteiger partial charge in [-0.3, -0.25) is 9.69 Å². The average Bonchev–Trinajstić information content (AvgIpc) is 2.81. The summed E-state index contributed by atoms with van der Waals surface area (Å²) in [6, 6.07) is 1.90. The van der Waals surface area contributed by atoms with Gasteiger partial charge in [-0.15, -0.1) is 0 Å². The van der Waals surface area contributed by atoms with Gasteiger partial charge in [-0.1, -0.05) is 33.6 Å². The molecule has 0 aliphatic heterocycles. The van der Waals surface area contributed by atoms with E-state index in [1.165, 1.54) is 12.8 Å². The number of aromatic nitrogens is 1. The quantitative estimate of drug-likeness (QED) is 0.663. The first-order chi connectivity index (χ1) is 8.60. The third-order valence-corrected chi connectivity index (χ3v) is 3.64. The molecule has 0 N–H and O–H groups in total. The standard InChI is InChI=1S/C15H26N2O/c1-5-13(6-2)10-17(7-3)12-15(18)14-8-9-16(4)11-14/h8-9,11,13H,5-7,10,12H2,1-4H3. The number of likely N-dealkylation sites (N-methyl/N-ethyl adjacent to an activating group) is 1. The van der Waals surface area contributed by atoms with Gasteiger partial charge in [0.15, 0.2) is 5.78 Å². The van der Waals surface area contributed by atoms with Crippen molar-refractivity contribution < 1.29 is 4.79 Å². The lowest BCUT2D eigenvalue weighted by atomic mass is 10.0. The molecule has 0 saturated carbocycles. The maximum atomic E-state index is 12.1. The van der Waals surface area contributed by atoms with E-state index in [4.69, 9.17) is 0 Å². The molecule has 0 unspecified atom stereocenters. The predicted octanol–water partition coefficient (Wildman–Crippen LogP) is 2.97. The van der Waals surface area contributed by atoms with E-state index < -0.39 is 0 Å². The number of rotatable bonds is 8. The summed E-state index contributed by atoms with van der Waals surface area (Å²) in [5, 5.41) is 0. The highest BCUT2D eigenvalue weighted by molar-refractivity contribution is 5.97. The maximum Gasteiger partial charge on any atom is 0.178 e. The Hall–Kier alpha value is -1.09. The summed E-state index contributed by atoms with van der Waals surface area (Å²) in [5.41, 5.74) is 0.820. The normalized spacial score (nSPS) is 11.4. The van der Waals surface area contributed by atoms with Gasteiger partial charge in [0.2, 0.25) is 0 Å². The van der Waals surface area contributed by atoms with Gasteiger partial charge in [0.05, 0.1) is 6.54 Å². The molecule has 1 aromatic rings. The van der Waals surface area contributed by atoms with Crippen molar-refractivity contribution in [2.45, 2.75) is 33.6 Å². The summed E-state index contributed by atoms with van der Waals surface area (Å²) in [5.74, 6) is 0.928. The lowest BCUT2D eigenvalue weighted by Crippen LogP contribution is -2.33. The number of ketones is 1. The Balaban J connectivity index is 2.55. The van der Waals surface area contributed by atoms with E-state index in [-0.39, 0.29) is 5.78 Å². The van der Waals surface area contributed by atoms with E-state index in [1.807, 2.05) is 30.1 Å². The van der Waals surface area contributed by atoms with Crippen molar-refractivity contribution in [3.05, 3.63) is 24.0 Å². The number of carbonyl (C=O) groups is 1. The van der Waals surface area contributed by atoms with E-state index in [0.29, 0.717) is 12.5 Å². The zero-order valence-corrected chi connectivity index (χ0v) is 12.1. The van der Waals surface area contributed by atoms with Crippen LogP contribution in [0.1, 0.15) is 44.0 Å². The minimum atomic E-state index is 0.225. The fourth-order valence-electron chi connectivity index (χ4n) is 2.18. The third kappa shape index (κ3) is 4.30. The number of aryl methyl sites for hydroxylation is 1. The van der Waals surface area contributed by atoms with Gasteiger partial charge in [0.1, 0.15) is 0 Å². The largest absolute Gasteiger partial charge is 0.357 e. The average molecular weight is 250 g/mol. The molecule has 102 valence electrons. The van der Waals surface area contributed by atoms with Crippen LogP contribution < -0.4 is 0 Å². The van der Waals surface area contributed by atoms with Gasteiger partial charge in [-0.25, -0.2) is 0 Å². The molecule has 3 heteroatoms. The Morgan fingerprint density at radius 2 is 2.00 bits per heavy atom. The topological polar surface area (TPSA) is 25.2 Å². The van der Waals surface area contributed by atoms with E-state index in [0.717, 1.165) is 18.7 Å². The van der Waals surface area contributed by atoms with Gasteiger partial charge < -0.3 is 4.57 Å². The van der Waals surface area contributed by atoms with Crippen molar-refractivity contribution in [2.24, 2.45) is 13.0 Å². The lowest BCUT2D eigenvalue weighted by molar-refractivity contribution is 0.0920. The van der Waals surface area contributed by atoms with Crippen LogP contribution in [0.5, 0.6) is 0 Å². The second-order valence-electron chi connectivity index (χ2n) is 5.00. The Morgan fingerprint density at radius 3 is 2.44 bits per heavy atom. The molecule has 0 aromatic carbocycles. The van der Waals surface area contributed by atoms with Crippen molar-refractivity contribution in [3.63, 3.8) is 0 Å². The van der Waals surface area contributed by atoms with Gasteiger partial charge in [-0.2, -0.15) is 0 Å². The summed E-state index contributed by atoms with van der Waals surface area (Å²) < 4.78 is 1.92. The molecule has 0 spiro atoms. The van der Waals surface area contributed by atoms with Crippen molar-refractivity contribution in [3.8, 4) is 0 Å². The van der Waals surface area contributed by atoms with Crippen LogP contribution in [0.25, 0.3) is 0 Å². The van der Waals surface area contributed by atoms with Gasteiger partial charge in [0.25, 0.3) is 0 Å². The minimum Gasteiger partial charge on any atom is -0.357 e. The monoisotopic (exact) mass is 250 g/mol. The number of Topliss-reactive ketones (excluding diaryl/α,β-unsaturated/α-hetero) is 1. The summed E-state index contributed by atoms with van der Waals surface area (Å²) in [7, 11) is 1.94. The van der Waals surface area contributed by atoms with Crippen molar-refractivity contribution in [2.75, 3.05) is 19.6 Å². The summed E-state index contributed by atoms with van der Waals surface area (Å²) in [6.45, 7) is 9.08. The highest BCUT2D eigenvalue weighted by atomic mass is 16.1. The second kappa shape index (κ2) is 7.37. The molecule has 0 fully saturated rings. The van der Waals surface area contributed by atoms with Gasteiger partial charge >= 0.3 is 0 Å². The Bertz CT molecular complexity index is 366. The van der Waals surface area contributed by atoms with Gasteiger partial charge in [0, 0.05) is 31.5 Å². The fraction of sp³-hybridized carbons (Fsp3) is 0.667. The first kappa shape index (κ1) is 15.0. The van der Waals surface area contributed by atoms with E-state index in [1.54, 1.807) is 0 Å². The van der Waals surface area contributed by atoms with Crippen LogP contribution >= 0.6 is 0 Å². The molecule has 0 saturated heterocycles. The molecule has 3 nitrogen and oxygen atoms in total. The summed E-state index contributed by atoms with van der Waals surface area (Å²) >= 11 is 0. The van der Waals surface area contributed by atoms with Crippen LogP contribution in [0.3, 0.4) is 0 Å². The second-order valence-corrected chi connectivity index (χ2v) is 5.00. The molecule has 0 bridgehead atoms. The molecule has 0 aliphatic rings. The highest BCUT2D eigenvalue weighted by Crippen LogP contribution is 2.11. The van der Waals surface area contributed by atoms with Gasteiger partial charge in [-0.05, 0) is 18.5 Å². The first-order valence-electron chi connectivity index (χ1n) is 6.98. The van der Waals surface area contributed by atoms with Crippen molar-refractivity contribution in [1.29, 1.82) is 0 Å². The number of nitrogens with zero attached hydrogens (tertiary/aromatic N) is 2. The smallest absolute Gasteiger partial charge is 0.178 e. The Labute approximate surface area is 111 Å². The van der Waals surface area contributed by atoms with Crippen molar-refractivity contribution in [1.82, 2.24) is 9.47 Å². The molecule has 0 aliphatic carbocycles. The van der Waals surface area contributed by atoms with E-state index in [2.05, 4.69) is 25.7 Å². The summed E-state index contributed by atoms with van der Waals surface area (Å²) in [4.78, 5) is 14.4. The Morgan fingerprint density at radius 1 is 1.33 bits per heavy atom.